The molecule has 0 saturated heterocycles. The first kappa shape index (κ1) is 21.7. The van der Waals surface area contributed by atoms with Crippen LogP contribution in [0.1, 0.15) is 79.6 Å². The molecule has 1 spiro atoms. The normalized spacial score (nSPS) is 27.5. The third kappa shape index (κ3) is 5.68. The zero-order chi connectivity index (χ0) is 19.6. The number of hydrogen-bond donors (Lipinski definition) is 0. The monoisotopic (exact) mass is 378 g/mol. The molecule has 4 heteroatoms. The van der Waals surface area contributed by atoms with E-state index in [1.165, 1.54) is 6.42 Å². The molecule has 0 amide bonds. The maximum Gasteiger partial charge on any atom is 0.194 e. The molecule has 2 aliphatic rings. The van der Waals surface area contributed by atoms with Gasteiger partial charge in [0, 0.05) is 12.8 Å². The lowest BCUT2D eigenvalue weighted by atomic mass is 9.72. The van der Waals surface area contributed by atoms with Crippen LogP contribution in [0.25, 0.3) is 0 Å². The summed E-state index contributed by atoms with van der Waals surface area (Å²) in [5, 5.41) is 0.179. The predicted molar refractivity (Wildman–Crippen MR) is 110 cm³/mol. The smallest absolute Gasteiger partial charge is 0.194 e. The van der Waals surface area contributed by atoms with Crippen LogP contribution in [-0.2, 0) is 14.0 Å². The highest BCUT2D eigenvalue weighted by Gasteiger charge is 2.43. The SMILES string of the molecule is CC(C)(C#CCO[C@@H]1CC[C@]2(CCCC(=O)C2)C1)O[Si](C)(C)C(C)(C)C. The van der Waals surface area contributed by atoms with Crippen molar-refractivity contribution in [3.05, 3.63) is 0 Å². The Bertz CT molecular complexity index is 576. The van der Waals surface area contributed by atoms with Crippen molar-refractivity contribution in [3.63, 3.8) is 0 Å². The molecule has 2 saturated carbocycles. The lowest BCUT2D eigenvalue weighted by molar-refractivity contribution is -0.123. The Hall–Kier alpha value is -0.633. The van der Waals surface area contributed by atoms with E-state index in [9.17, 15) is 4.79 Å². The van der Waals surface area contributed by atoms with Crippen molar-refractivity contribution in [2.24, 2.45) is 5.41 Å². The number of carbonyl (C=O) groups excluding carboxylic acids is 1. The molecule has 0 aliphatic heterocycles. The van der Waals surface area contributed by atoms with Crippen LogP contribution in [0.5, 0.6) is 0 Å². The van der Waals surface area contributed by atoms with Crippen molar-refractivity contribution >= 4 is 14.1 Å². The van der Waals surface area contributed by atoms with E-state index < -0.39 is 13.9 Å². The molecule has 2 atom stereocenters. The van der Waals surface area contributed by atoms with E-state index in [2.05, 4.69) is 59.6 Å². The van der Waals surface area contributed by atoms with Gasteiger partial charge in [-0.1, -0.05) is 32.6 Å². The van der Waals surface area contributed by atoms with Gasteiger partial charge < -0.3 is 9.16 Å². The molecule has 0 heterocycles. The third-order valence-corrected chi connectivity index (χ3v) is 11.1. The van der Waals surface area contributed by atoms with Gasteiger partial charge in [0.2, 0.25) is 0 Å². The first-order chi connectivity index (χ1) is 11.8. The highest BCUT2D eigenvalue weighted by molar-refractivity contribution is 6.74. The van der Waals surface area contributed by atoms with Gasteiger partial charge in [0.1, 0.15) is 18.0 Å². The maximum atomic E-state index is 11.8. The fraction of sp³-hybridized carbons (Fsp3) is 0.864. The largest absolute Gasteiger partial charge is 0.401 e. The summed E-state index contributed by atoms with van der Waals surface area (Å²) in [4.78, 5) is 11.8. The highest BCUT2D eigenvalue weighted by atomic mass is 28.4. The molecule has 2 fully saturated rings. The average molecular weight is 379 g/mol. The summed E-state index contributed by atoms with van der Waals surface area (Å²) in [6, 6.07) is 0. The summed E-state index contributed by atoms with van der Waals surface area (Å²) < 4.78 is 12.5. The second kappa shape index (κ2) is 7.77. The van der Waals surface area contributed by atoms with Crippen LogP contribution in [0.15, 0.2) is 0 Å². The fourth-order valence-electron chi connectivity index (χ4n) is 4.16. The number of ketones is 1. The molecule has 0 aromatic heterocycles. The van der Waals surface area contributed by atoms with Crippen molar-refractivity contribution < 1.29 is 14.0 Å². The molecular weight excluding hydrogens is 340 g/mol. The first-order valence-electron chi connectivity index (χ1n) is 10.2. The second-order valence-corrected chi connectivity index (χ2v) is 15.1. The molecule has 0 unspecified atom stereocenters. The van der Waals surface area contributed by atoms with E-state index in [0.29, 0.717) is 12.4 Å². The molecule has 3 nitrogen and oxygen atoms in total. The Balaban J connectivity index is 1.82. The Kier molecular flexibility index (Phi) is 6.48. The minimum absolute atomic E-state index is 0.179. The lowest BCUT2D eigenvalue weighted by Gasteiger charge is -2.40. The molecule has 0 N–H and O–H groups in total. The van der Waals surface area contributed by atoms with Crippen LogP contribution in [0, 0.1) is 17.3 Å². The van der Waals surface area contributed by atoms with Gasteiger partial charge in [0.25, 0.3) is 0 Å². The topological polar surface area (TPSA) is 35.5 Å². The average Bonchev–Trinajstić information content (AvgIpc) is 2.83. The third-order valence-electron chi connectivity index (χ3n) is 6.49. The molecular formula is C22H38O3Si. The van der Waals surface area contributed by atoms with Crippen molar-refractivity contribution in [2.75, 3.05) is 6.61 Å². The Morgan fingerprint density at radius 2 is 1.88 bits per heavy atom. The second-order valence-electron chi connectivity index (χ2n) is 10.4. The van der Waals surface area contributed by atoms with Gasteiger partial charge in [0.15, 0.2) is 8.32 Å². The van der Waals surface area contributed by atoms with Crippen LogP contribution in [0.2, 0.25) is 18.1 Å². The number of ether oxygens (including phenoxy) is 1. The van der Waals surface area contributed by atoms with Crippen LogP contribution in [-0.4, -0.2) is 32.4 Å². The minimum Gasteiger partial charge on any atom is -0.401 e. The molecule has 0 aromatic rings. The Labute approximate surface area is 161 Å². The zero-order valence-corrected chi connectivity index (χ0v) is 19.0. The van der Waals surface area contributed by atoms with Gasteiger partial charge in [-0.15, -0.1) is 0 Å². The minimum atomic E-state index is -1.83. The summed E-state index contributed by atoms with van der Waals surface area (Å²) in [5.41, 5.74) is -0.211. The summed E-state index contributed by atoms with van der Waals surface area (Å²) in [6.07, 6.45) is 7.30. The molecule has 0 bridgehead atoms. The lowest BCUT2D eigenvalue weighted by Crippen LogP contribution is -2.47. The van der Waals surface area contributed by atoms with E-state index in [0.717, 1.165) is 38.5 Å². The molecule has 2 aliphatic carbocycles. The quantitative estimate of drug-likeness (QED) is 0.479. The summed E-state index contributed by atoms with van der Waals surface area (Å²) in [7, 11) is -1.83. The summed E-state index contributed by atoms with van der Waals surface area (Å²) >= 11 is 0. The van der Waals surface area contributed by atoms with Crippen LogP contribution < -0.4 is 0 Å². The standard InChI is InChI=1S/C22H38O3Si/c1-20(2,3)26(6,7)25-21(4,5)12-9-15-24-19-11-14-22(17-19)13-8-10-18(23)16-22/h19H,8,10-11,13-17H2,1-7H3/t19-,22+/m1/s1. The van der Waals surface area contributed by atoms with Gasteiger partial charge in [-0.05, 0) is 69.5 Å². The zero-order valence-electron chi connectivity index (χ0n) is 18.0. The number of Topliss-reactive ketones (excluding diaryl/α,β-unsaturated/α-hetero) is 1. The molecule has 26 heavy (non-hydrogen) atoms. The van der Waals surface area contributed by atoms with Crippen molar-refractivity contribution in [2.45, 2.75) is 109 Å². The van der Waals surface area contributed by atoms with E-state index in [1.54, 1.807) is 0 Å². The van der Waals surface area contributed by atoms with Crippen LogP contribution in [0.4, 0.5) is 0 Å². The molecule has 148 valence electrons. The number of rotatable bonds is 4. The Morgan fingerprint density at radius 3 is 2.50 bits per heavy atom. The molecule has 0 radical (unpaired) electrons. The number of carbonyl (C=O) groups is 1. The molecule has 2 rings (SSSR count). The van der Waals surface area contributed by atoms with Gasteiger partial charge in [-0.25, -0.2) is 0 Å². The van der Waals surface area contributed by atoms with Gasteiger partial charge in [-0.2, -0.15) is 0 Å². The van der Waals surface area contributed by atoms with Crippen molar-refractivity contribution in [3.8, 4) is 11.8 Å². The predicted octanol–water partition coefficient (Wildman–Crippen LogP) is 5.49. The Morgan fingerprint density at radius 1 is 1.19 bits per heavy atom. The van der Waals surface area contributed by atoms with E-state index >= 15 is 0 Å². The van der Waals surface area contributed by atoms with Crippen molar-refractivity contribution in [1.82, 2.24) is 0 Å². The van der Waals surface area contributed by atoms with Gasteiger partial charge in [0.05, 0.1) is 6.10 Å². The van der Waals surface area contributed by atoms with E-state index in [4.69, 9.17) is 9.16 Å². The van der Waals surface area contributed by atoms with Gasteiger partial charge >= 0.3 is 0 Å². The maximum absolute atomic E-state index is 11.8. The summed E-state index contributed by atoms with van der Waals surface area (Å²) in [6.45, 7) is 15.8. The van der Waals surface area contributed by atoms with Crippen molar-refractivity contribution in [1.29, 1.82) is 0 Å². The first-order valence-corrected chi connectivity index (χ1v) is 13.1. The van der Waals surface area contributed by atoms with Crippen LogP contribution in [0.3, 0.4) is 0 Å². The molecule has 0 aromatic carbocycles. The number of hydrogen-bond acceptors (Lipinski definition) is 3. The van der Waals surface area contributed by atoms with E-state index in [1.807, 2.05) is 0 Å². The highest BCUT2D eigenvalue weighted by Crippen LogP contribution is 2.48. The summed E-state index contributed by atoms with van der Waals surface area (Å²) in [5.74, 6) is 6.90. The van der Waals surface area contributed by atoms with Gasteiger partial charge in [-0.3, -0.25) is 4.79 Å². The van der Waals surface area contributed by atoms with E-state index in [-0.39, 0.29) is 16.6 Å². The fourth-order valence-corrected chi connectivity index (χ4v) is 5.80. The van der Waals surface area contributed by atoms with Crippen LogP contribution >= 0.6 is 0 Å².